The van der Waals surface area contributed by atoms with E-state index in [0.29, 0.717) is 6.04 Å². The van der Waals surface area contributed by atoms with Crippen LogP contribution in [0.3, 0.4) is 0 Å². The van der Waals surface area contributed by atoms with Crippen LogP contribution in [-0.4, -0.2) is 38.7 Å². The number of hydrogen-bond acceptors (Lipinski definition) is 3. The molecular formula is C14H24N2O. The number of methoxy groups -OCH3 is 1. The van der Waals surface area contributed by atoms with E-state index < -0.39 is 0 Å². The normalized spacial score (nSPS) is 12.8. The molecular weight excluding hydrogens is 212 g/mol. The molecule has 96 valence electrons. The molecule has 3 heteroatoms. The molecule has 1 atom stereocenters. The maximum Gasteiger partial charge on any atom is 0.119 e. The zero-order valence-electron chi connectivity index (χ0n) is 11.4. The third-order valence-corrected chi connectivity index (χ3v) is 2.80. The lowest BCUT2D eigenvalue weighted by Crippen LogP contribution is -2.29. The lowest BCUT2D eigenvalue weighted by Gasteiger charge is -2.16. The molecule has 0 aliphatic rings. The highest BCUT2D eigenvalue weighted by molar-refractivity contribution is 5.28. The molecule has 0 bridgehead atoms. The van der Waals surface area contributed by atoms with Crippen LogP contribution in [0.25, 0.3) is 0 Å². The van der Waals surface area contributed by atoms with Crippen molar-refractivity contribution in [2.75, 3.05) is 27.7 Å². The minimum Gasteiger partial charge on any atom is -0.497 e. The molecule has 0 saturated heterocycles. The van der Waals surface area contributed by atoms with E-state index in [4.69, 9.17) is 4.74 Å². The lowest BCUT2D eigenvalue weighted by molar-refractivity contribution is 0.365. The van der Waals surface area contributed by atoms with Crippen molar-refractivity contribution in [3.05, 3.63) is 29.8 Å². The highest BCUT2D eigenvalue weighted by atomic mass is 16.5. The molecule has 1 aromatic carbocycles. The summed E-state index contributed by atoms with van der Waals surface area (Å²) in [6, 6.07) is 8.72. The topological polar surface area (TPSA) is 24.5 Å². The molecule has 1 aromatic rings. The third-order valence-electron chi connectivity index (χ3n) is 2.80. The molecule has 0 amide bonds. The van der Waals surface area contributed by atoms with Crippen LogP contribution in [0, 0.1) is 0 Å². The van der Waals surface area contributed by atoms with E-state index in [1.807, 2.05) is 12.1 Å². The van der Waals surface area contributed by atoms with Crippen LogP contribution in [0.4, 0.5) is 0 Å². The molecule has 0 spiro atoms. The van der Waals surface area contributed by atoms with Crippen LogP contribution in [0.1, 0.15) is 18.9 Å². The molecule has 3 nitrogen and oxygen atoms in total. The van der Waals surface area contributed by atoms with Gasteiger partial charge in [-0.25, -0.2) is 0 Å². The largest absolute Gasteiger partial charge is 0.497 e. The first kappa shape index (κ1) is 14.0. The number of nitrogens with zero attached hydrogens (tertiary/aromatic N) is 1. The Bertz CT molecular complexity index is 326. The van der Waals surface area contributed by atoms with E-state index in [-0.39, 0.29) is 0 Å². The minimum absolute atomic E-state index is 0.531. The van der Waals surface area contributed by atoms with Gasteiger partial charge in [0.05, 0.1) is 7.11 Å². The van der Waals surface area contributed by atoms with E-state index in [1.165, 1.54) is 5.56 Å². The Morgan fingerprint density at radius 3 is 2.76 bits per heavy atom. The van der Waals surface area contributed by atoms with E-state index in [9.17, 15) is 0 Å². The molecule has 1 N–H and O–H groups in total. The van der Waals surface area contributed by atoms with Crippen molar-refractivity contribution in [3.63, 3.8) is 0 Å². The molecule has 0 fully saturated rings. The summed E-state index contributed by atoms with van der Waals surface area (Å²) >= 11 is 0. The smallest absolute Gasteiger partial charge is 0.119 e. The molecule has 0 aliphatic carbocycles. The van der Waals surface area contributed by atoms with Gasteiger partial charge in [0.15, 0.2) is 0 Å². The van der Waals surface area contributed by atoms with Gasteiger partial charge < -0.3 is 15.0 Å². The summed E-state index contributed by atoms with van der Waals surface area (Å²) in [5.41, 5.74) is 1.26. The van der Waals surface area contributed by atoms with E-state index in [0.717, 1.165) is 25.3 Å². The van der Waals surface area contributed by atoms with Crippen LogP contribution >= 0.6 is 0 Å². The monoisotopic (exact) mass is 236 g/mol. The van der Waals surface area contributed by atoms with Crippen molar-refractivity contribution in [2.24, 2.45) is 0 Å². The van der Waals surface area contributed by atoms with Gasteiger partial charge in [-0.2, -0.15) is 0 Å². The summed E-state index contributed by atoms with van der Waals surface area (Å²) in [5.74, 6) is 0.922. The Morgan fingerprint density at radius 2 is 2.12 bits per heavy atom. The van der Waals surface area contributed by atoms with Gasteiger partial charge in [0.2, 0.25) is 0 Å². The summed E-state index contributed by atoms with van der Waals surface area (Å²) in [4.78, 5) is 2.21. The first-order valence-corrected chi connectivity index (χ1v) is 6.13. The zero-order valence-corrected chi connectivity index (χ0v) is 11.4. The predicted molar refractivity (Wildman–Crippen MR) is 72.5 cm³/mol. The van der Waals surface area contributed by atoms with Crippen LogP contribution in [-0.2, 0) is 6.54 Å². The summed E-state index contributed by atoms with van der Waals surface area (Å²) in [5, 5.41) is 3.52. The Morgan fingerprint density at radius 1 is 1.35 bits per heavy atom. The van der Waals surface area contributed by atoms with Gasteiger partial charge in [-0.05, 0) is 51.7 Å². The Hall–Kier alpha value is -1.06. The summed E-state index contributed by atoms with van der Waals surface area (Å²) in [7, 11) is 5.91. The van der Waals surface area contributed by atoms with Gasteiger partial charge in [0.1, 0.15) is 5.75 Å². The van der Waals surface area contributed by atoms with E-state index >= 15 is 0 Å². The first-order valence-electron chi connectivity index (χ1n) is 6.13. The van der Waals surface area contributed by atoms with Crippen molar-refractivity contribution < 1.29 is 4.74 Å². The number of benzene rings is 1. The van der Waals surface area contributed by atoms with Crippen molar-refractivity contribution in [3.8, 4) is 5.75 Å². The minimum atomic E-state index is 0.531. The van der Waals surface area contributed by atoms with Gasteiger partial charge in [-0.1, -0.05) is 12.1 Å². The Kier molecular flexibility index (Phi) is 6.01. The second-order valence-electron chi connectivity index (χ2n) is 4.73. The quantitative estimate of drug-likeness (QED) is 0.785. The molecule has 0 aromatic heterocycles. The van der Waals surface area contributed by atoms with Crippen LogP contribution in [0.15, 0.2) is 24.3 Å². The highest BCUT2D eigenvalue weighted by Gasteiger charge is 2.02. The Labute approximate surface area is 105 Å². The van der Waals surface area contributed by atoms with Gasteiger partial charge in [0, 0.05) is 12.6 Å². The number of rotatable bonds is 7. The molecule has 1 rings (SSSR count). The number of ether oxygens (including phenoxy) is 1. The lowest BCUT2D eigenvalue weighted by atomic mass is 10.2. The van der Waals surface area contributed by atoms with Gasteiger partial charge >= 0.3 is 0 Å². The second-order valence-corrected chi connectivity index (χ2v) is 4.73. The molecule has 0 radical (unpaired) electrons. The van der Waals surface area contributed by atoms with E-state index in [1.54, 1.807) is 7.11 Å². The van der Waals surface area contributed by atoms with Crippen molar-refractivity contribution in [1.82, 2.24) is 10.2 Å². The third kappa shape index (κ3) is 5.71. The van der Waals surface area contributed by atoms with Crippen molar-refractivity contribution in [1.29, 1.82) is 0 Å². The fourth-order valence-corrected chi connectivity index (χ4v) is 1.63. The highest BCUT2D eigenvalue weighted by Crippen LogP contribution is 2.12. The van der Waals surface area contributed by atoms with Crippen LogP contribution < -0.4 is 10.1 Å². The summed E-state index contributed by atoms with van der Waals surface area (Å²) in [6.07, 6.45) is 1.16. The first-order chi connectivity index (χ1) is 8.11. The molecule has 0 aliphatic heterocycles. The fraction of sp³-hybridized carbons (Fsp3) is 0.571. The van der Waals surface area contributed by atoms with Crippen molar-refractivity contribution >= 4 is 0 Å². The van der Waals surface area contributed by atoms with Gasteiger partial charge in [-0.3, -0.25) is 0 Å². The van der Waals surface area contributed by atoms with Gasteiger partial charge in [-0.15, -0.1) is 0 Å². The Balaban J connectivity index is 2.33. The summed E-state index contributed by atoms with van der Waals surface area (Å²) < 4.78 is 5.21. The zero-order chi connectivity index (χ0) is 12.7. The number of nitrogens with one attached hydrogen (secondary N) is 1. The average Bonchev–Trinajstić information content (AvgIpc) is 2.34. The average molecular weight is 236 g/mol. The molecule has 0 heterocycles. The van der Waals surface area contributed by atoms with E-state index in [2.05, 4.69) is 43.4 Å². The summed E-state index contributed by atoms with van der Waals surface area (Å²) in [6.45, 7) is 4.24. The maximum atomic E-state index is 5.21. The SMILES string of the molecule is COc1cccc(CNC(C)CCN(C)C)c1. The van der Waals surface area contributed by atoms with Gasteiger partial charge in [0.25, 0.3) is 0 Å². The number of hydrogen-bond donors (Lipinski definition) is 1. The molecule has 1 unspecified atom stereocenters. The standard InChI is InChI=1S/C14H24N2O/c1-12(8-9-16(2)3)15-11-13-6-5-7-14(10-13)17-4/h5-7,10,12,15H,8-9,11H2,1-4H3. The van der Waals surface area contributed by atoms with Crippen LogP contribution in [0.2, 0.25) is 0 Å². The van der Waals surface area contributed by atoms with Crippen molar-refractivity contribution in [2.45, 2.75) is 25.9 Å². The fourth-order valence-electron chi connectivity index (χ4n) is 1.63. The maximum absolute atomic E-state index is 5.21. The van der Waals surface area contributed by atoms with Crippen LogP contribution in [0.5, 0.6) is 5.75 Å². The molecule has 0 saturated carbocycles. The second kappa shape index (κ2) is 7.30. The molecule has 17 heavy (non-hydrogen) atoms. The predicted octanol–water partition coefficient (Wildman–Crippen LogP) is 2.12.